The molecule has 0 aliphatic heterocycles. The molecule has 4 heteroatoms. The highest BCUT2D eigenvalue weighted by atomic mass is 32.1. The van der Waals surface area contributed by atoms with E-state index in [1.807, 2.05) is 11.4 Å². The van der Waals surface area contributed by atoms with E-state index in [9.17, 15) is 0 Å². The monoisotopic (exact) mass is 242 g/mol. The van der Waals surface area contributed by atoms with Crippen molar-refractivity contribution in [3.63, 3.8) is 0 Å². The van der Waals surface area contributed by atoms with Crippen molar-refractivity contribution in [3.8, 4) is 22.0 Å². The Morgan fingerprint density at radius 1 is 1.12 bits per heavy atom. The lowest BCUT2D eigenvalue weighted by molar-refractivity contribution is 0.432. The van der Waals surface area contributed by atoms with Crippen LogP contribution >= 0.6 is 11.3 Å². The summed E-state index contributed by atoms with van der Waals surface area (Å²) in [6, 6.07) is 10.1. The van der Waals surface area contributed by atoms with Gasteiger partial charge in [0, 0.05) is 17.0 Å². The fourth-order valence-corrected chi connectivity index (χ4v) is 2.35. The molecule has 3 aromatic rings. The summed E-state index contributed by atoms with van der Waals surface area (Å²) in [6.45, 7) is 2.07. The Labute approximate surface area is 103 Å². The van der Waals surface area contributed by atoms with E-state index < -0.39 is 0 Å². The number of aromatic nitrogens is 2. The molecule has 0 spiro atoms. The SMILES string of the molecule is Cc1ccc(-c2csc(-c3ccno3)n2)cc1. The number of rotatable bonds is 2. The van der Waals surface area contributed by atoms with Crippen LogP contribution in [0.4, 0.5) is 0 Å². The van der Waals surface area contributed by atoms with Crippen LogP contribution in [0.15, 0.2) is 46.4 Å². The second-order valence-corrected chi connectivity index (χ2v) is 4.64. The maximum atomic E-state index is 5.09. The zero-order valence-electron chi connectivity index (χ0n) is 9.25. The highest BCUT2D eigenvalue weighted by Gasteiger charge is 2.08. The van der Waals surface area contributed by atoms with Crippen LogP contribution in [-0.4, -0.2) is 10.1 Å². The van der Waals surface area contributed by atoms with Crippen molar-refractivity contribution in [1.82, 2.24) is 10.1 Å². The van der Waals surface area contributed by atoms with Gasteiger partial charge < -0.3 is 4.52 Å². The summed E-state index contributed by atoms with van der Waals surface area (Å²) in [5.74, 6) is 0.716. The van der Waals surface area contributed by atoms with Gasteiger partial charge in [0.05, 0.1) is 11.9 Å². The van der Waals surface area contributed by atoms with Gasteiger partial charge in [-0.05, 0) is 6.92 Å². The van der Waals surface area contributed by atoms with Gasteiger partial charge in [0.2, 0.25) is 0 Å². The highest BCUT2D eigenvalue weighted by molar-refractivity contribution is 7.13. The first-order chi connectivity index (χ1) is 8.33. The Bertz CT molecular complexity index is 611. The summed E-state index contributed by atoms with van der Waals surface area (Å²) in [6.07, 6.45) is 1.63. The minimum Gasteiger partial charge on any atom is -0.354 e. The smallest absolute Gasteiger partial charge is 0.195 e. The first-order valence-electron chi connectivity index (χ1n) is 5.26. The number of thiazole rings is 1. The van der Waals surface area contributed by atoms with Gasteiger partial charge in [-0.3, -0.25) is 0 Å². The lowest BCUT2D eigenvalue weighted by atomic mass is 10.1. The van der Waals surface area contributed by atoms with Crippen LogP contribution in [0.1, 0.15) is 5.56 Å². The molecule has 0 unspecified atom stereocenters. The number of nitrogens with zero attached hydrogens (tertiary/aromatic N) is 2. The fraction of sp³-hybridized carbons (Fsp3) is 0.0769. The predicted molar refractivity (Wildman–Crippen MR) is 67.8 cm³/mol. The van der Waals surface area contributed by atoms with E-state index in [-0.39, 0.29) is 0 Å². The second-order valence-electron chi connectivity index (χ2n) is 3.78. The van der Waals surface area contributed by atoms with Crippen molar-refractivity contribution < 1.29 is 4.52 Å². The lowest BCUT2D eigenvalue weighted by Gasteiger charge is -1.96. The van der Waals surface area contributed by atoms with Gasteiger partial charge in [0.1, 0.15) is 0 Å². The molecule has 84 valence electrons. The van der Waals surface area contributed by atoms with Crippen molar-refractivity contribution in [2.45, 2.75) is 6.92 Å². The quantitative estimate of drug-likeness (QED) is 0.686. The molecular weight excluding hydrogens is 232 g/mol. The van der Waals surface area contributed by atoms with Gasteiger partial charge in [-0.2, -0.15) is 0 Å². The normalized spacial score (nSPS) is 10.6. The average Bonchev–Trinajstić information content (AvgIpc) is 3.00. The van der Waals surface area contributed by atoms with Crippen LogP contribution in [-0.2, 0) is 0 Å². The fourth-order valence-electron chi connectivity index (χ4n) is 1.57. The summed E-state index contributed by atoms with van der Waals surface area (Å²) in [5.41, 5.74) is 3.35. The standard InChI is InChI=1S/C13H10N2OS/c1-9-2-4-10(5-3-9)11-8-17-13(15-11)12-6-7-14-16-12/h2-8H,1H3. The van der Waals surface area contributed by atoms with Crippen LogP contribution in [0.5, 0.6) is 0 Å². The van der Waals surface area contributed by atoms with E-state index in [1.54, 1.807) is 17.5 Å². The molecule has 0 atom stereocenters. The molecule has 0 aliphatic carbocycles. The van der Waals surface area contributed by atoms with Crippen molar-refractivity contribution in [1.29, 1.82) is 0 Å². The second kappa shape index (κ2) is 4.14. The molecule has 0 saturated heterocycles. The lowest BCUT2D eigenvalue weighted by Crippen LogP contribution is -1.79. The minimum absolute atomic E-state index is 0.716. The first-order valence-corrected chi connectivity index (χ1v) is 6.14. The molecule has 17 heavy (non-hydrogen) atoms. The van der Waals surface area contributed by atoms with Crippen molar-refractivity contribution in [2.24, 2.45) is 0 Å². The van der Waals surface area contributed by atoms with Gasteiger partial charge in [0.25, 0.3) is 0 Å². The van der Waals surface area contributed by atoms with E-state index in [2.05, 4.69) is 41.3 Å². The summed E-state index contributed by atoms with van der Waals surface area (Å²) in [7, 11) is 0. The molecule has 3 rings (SSSR count). The van der Waals surface area contributed by atoms with Crippen LogP contribution in [0.3, 0.4) is 0 Å². The predicted octanol–water partition coefficient (Wildman–Crippen LogP) is 3.77. The van der Waals surface area contributed by atoms with Crippen LogP contribution in [0.2, 0.25) is 0 Å². The topological polar surface area (TPSA) is 38.9 Å². The van der Waals surface area contributed by atoms with Crippen LogP contribution in [0, 0.1) is 6.92 Å². The Balaban J connectivity index is 1.98. The third-order valence-electron chi connectivity index (χ3n) is 2.50. The van der Waals surface area contributed by atoms with E-state index in [0.717, 1.165) is 16.3 Å². The average molecular weight is 242 g/mol. The third-order valence-corrected chi connectivity index (χ3v) is 3.36. The van der Waals surface area contributed by atoms with Crippen molar-refractivity contribution in [2.75, 3.05) is 0 Å². The van der Waals surface area contributed by atoms with Gasteiger partial charge >= 0.3 is 0 Å². The molecule has 3 nitrogen and oxygen atoms in total. The molecule has 0 fully saturated rings. The zero-order chi connectivity index (χ0) is 11.7. The third kappa shape index (κ3) is 1.99. The Morgan fingerprint density at radius 3 is 2.65 bits per heavy atom. The molecule has 0 radical (unpaired) electrons. The summed E-state index contributed by atoms with van der Waals surface area (Å²) < 4.78 is 5.09. The molecule has 0 bridgehead atoms. The summed E-state index contributed by atoms with van der Waals surface area (Å²) in [4.78, 5) is 4.54. The molecule has 0 amide bonds. The van der Waals surface area contributed by atoms with E-state index in [4.69, 9.17) is 4.52 Å². The molecule has 0 N–H and O–H groups in total. The van der Waals surface area contributed by atoms with Gasteiger partial charge in [-0.25, -0.2) is 4.98 Å². The molecular formula is C13H10N2OS. The van der Waals surface area contributed by atoms with Gasteiger partial charge in [-0.15, -0.1) is 11.3 Å². The maximum Gasteiger partial charge on any atom is 0.195 e. The molecule has 2 aromatic heterocycles. The summed E-state index contributed by atoms with van der Waals surface area (Å²) in [5, 5.41) is 6.57. The Kier molecular flexibility index (Phi) is 2.49. The largest absolute Gasteiger partial charge is 0.354 e. The Hall–Kier alpha value is -1.94. The molecule has 0 saturated carbocycles. The number of benzene rings is 1. The maximum absolute atomic E-state index is 5.09. The molecule has 0 aliphatic rings. The zero-order valence-corrected chi connectivity index (χ0v) is 10.1. The van der Waals surface area contributed by atoms with Crippen LogP contribution < -0.4 is 0 Å². The van der Waals surface area contributed by atoms with Gasteiger partial charge in [-0.1, -0.05) is 35.0 Å². The van der Waals surface area contributed by atoms with Crippen molar-refractivity contribution in [3.05, 3.63) is 47.5 Å². The van der Waals surface area contributed by atoms with E-state index in [1.165, 1.54) is 5.56 Å². The van der Waals surface area contributed by atoms with Crippen LogP contribution in [0.25, 0.3) is 22.0 Å². The highest BCUT2D eigenvalue weighted by Crippen LogP contribution is 2.28. The van der Waals surface area contributed by atoms with E-state index in [0.29, 0.717) is 5.76 Å². The molecule has 2 heterocycles. The van der Waals surface area contributed by atoms with E-state index >= 15 is 0 Å². The number of hydrogen-bond donors (Lipinski definition) is 0. The van der Waals surface area contributed by atoms with Gasteiger partial charge in [0.15, 0.2) is 10.8 Å². The van der Waals surface area contributed by atoms with Crippen molar-refractivity contribution >= 4 is 11.3 Å². The number of hydrogen-bond acceptors (Lipinski definition) is 4. The number of aryl methyl sites for hydroxylation is 1. The molecule has 1 aromatic carbocycles. The Morgan fingerprint density at radius 2 is 1.94 bits per heavy atom. The minimum atomic E-state index is 0.716. The first kappa shape index (κ1) is 10.2. The summed E-state index contributed by atoms with van der Waals surface area (Å²) >= 11 is 1.56.